The Labute approximate surface area is 538 Å². The van der Waals surface area contributed by atoms with E-state index in [1.54, 1.807) is 79.8 Å². The van der Waals surface area contributed by atoms with E-state index in [4.69, 9.17) is 36.5 Å². The highest BCUT2D eigenvalue weighted by Crippen LogP contribution is 2.40. The van der Waals surface area contributed by atoms with Crippen LogP contribution >= 0.6 is 0 Å². The van der Waals surface area contributed by atoms with Gasteiger partial charge in [0.2, 0.25) is 0 Å². The topological polar surface area (TPSA) is 306 Å². The van der Waals surface area contributed by atoms with E-state index < -0.39 is 11.7 Å². The number of halogens is 1. The number of anilines is 1. The van der Waals surface area contributed by atoms with Crippen molar-refractivity contribution in [1.29, 1.82) is 5.26 Å². The number of benzene rings is 10. The molecule has 95 heavy (non-hydrogen) atoms. The fourth-order valence-electron chi connectivity index (χ4n) is 11.6. The number of allylic oxidation sites excluding steroid dienone is 1. The number of carbonyl (C=O) groups is 3. The molecule has 3 aromatic heterocycles. The number of aromatic carboxylic acids is 1. The number of H-pyrrole nitrogens is 2. The standard InChI is InChI=1S/C32H18N8.C27H16N4O4.C15H11NO3.FH.H2/c1-2-10-18-17(9-1)25-33-26(18)38-28-21-13-5-6-14-22(21)30(35-28)40-32-24-16-8-7-15-23(24)31(36-32)39-29-20-12-4-3-11-19(20)27(34-29)37-25;1-29-26(23(13-28)30-14-21-18-8-4-2-6-16(18)10-11-24(21)32)31-15-22-19-9-5-3-7-17(19)12-20(25(22)33)27(34)35;1-16-10-6-7-11(17)13-12(10)14(18)8-4-2-3-5-9(8)15(13)19;;/h1-16H,(H2,33,34,35,36,37,38,39,40);2-12,14-15,32-33H,(H,34,35);2-7,16-17H,1H3;2*1H/b;26-23-,30-14?,31-15?;;;. The van der Waals surface area contributed by atoms with Gasteiger partial charge < -0.3 is 40.6 Å². The minimum absolute atomic E-state index is 0. The predicted molar refractivity (Wildman–Crippen MR) is 364 cm³/mol. The summed E-state index contributed by atoms with van der Waals surface area (Å²) in [5.74, 6) is -0.577. The number of phenolic OH excluding ortho intramolecular Hbond substituents is 2. The lowest BCUT2D eigenvalue weighted by Gasteiger charge is -2.20. The quantitative estimate of drug-likeness (QED) is 0.0352. The molecule has 20 nitrogen and oxygen atoms in total. The summed E-state index contributed by atoms with van der Waals surface area (Å²) in [4.78, 5) is 84.6. The number of aromatic amines is 2. The summed E-state index contributed by atoms with van der Waals surface area (Å²) >= 11 is 0. The Morgan fingerprint density at radius 3 is 1.37 bits per heavy atom. The molecule has 0 saturated heterocycles. The van der Waals surface area contributed by atoms with Crippen molar-refractivity contribution in [2.45, 2.75) is 0 Å². The molecule has 21 heteroatoms. The number of fused-ring (bicyclic) bond motifs is 24. The summed E-state index contributed by atoms with van der Waals surface area (Å²) in [5, 5.41) is 59.1. The number of ketones is 2. The second-order valence-electron chi connectivity index (χ2n) is 21.5. The van der Waals surface area contributed by atoms with Gasteiger partial charge in [-0.25, -0.2) is 34.7 Å². The SMILES string of the molecule is CNc1ccc(O)c2c1C(=O)c1ccccc1C2=O.F.[C-]#[N+]/C(N=Cc1c(O)c(C(=O)O)cc2ccccc12)=C(\C#N)N=Cc1c(O)ccc2ccccc12.[HH].c1ccc2c(c1)-c1nc-2nc2[nH]c(nc3nc(nc4[nH]c(n1)c1ccccc41)-c1ccccc1-3)c1ccccc21. The molecule has 0 amide bonds. The molecule has 7 N–H and O–H groups in total. The van der Waals surface area contributed by atoms with Crippen LogP contribution < -0.4 is 5.32 Å². The maximum atomic E-state index is 12.5. The molecule has 0 fully saturated rings. The first-order chi connectivity index (χ1) is 45.9. The number of carboxylic acid groups (broad SMARTS) is 1. The zero-order chi connectivity index (χ0) is 64.7. The van der Waals surface area contributed by atoms with Gasteiger partial charge in [0, 0.05) is 80.9 Å². The Hall–Kier alpha value is -13.9. The van der Waals surface area contributed by atoms with Gasteiger partial charge in [-0.3, -0.25) is 19.3 Å². The van der Waals surface area contributed by atoms with E-state index in [0.717, 1.165) is 55.4 Å². The van der Waals surface area contributed by atoms with Gasteiger partial charge in [0.05, 0.1) is 16.7 Å². The summed E-state index contributed by atoms with van der Waals surface area (Å²) in [7, 11) is 1.67. The van der Waals surface area contributed by atoms with Gasteiger partial charge in [-0.1, -0.05) is 182 Å². The maximum absolute atomic E-state index is 12.5. The van der Waals surface area contributed by atoms with E-state index in [-0.39, 0.29) is 63.0 Å². The molecule has 16 rings (SSSR count). The second kappa shape index (κ2) is 24.8. The minimum atomic E-state index is -1.32. The van der Waals surface area contributed by atoms with E-state index in [1.165, 1.54) is 24.4 Å². The van der Waals surface area contributed by atoms with Crippen LogP contribution in [0.25, 0.3) is 116 Å². The van der Waals surface area contributed by atoms with Crippen LogP contribution in [0.5, 0.6) is 17.2 Å². The van der Waals surface area contributed by atoms with Gasteiger partial charge in [0.1, 0.15) is 57.7 Å². The number of nitrogens with zero attached hydrogens (tertiary/aromatic N) is 10. The zero-order valence-electron chi connectivity index (χ0n) is 49.6. The van der Waals surface area contributed by atoms with Crippen LogP contribution in [0.3, 0.4) is 0 Å². The summed E-state index contributed by atoms with van der Waals surface area (Å²) < 4.78 is 0. The Morgan fingerprint density at radius 2 is 0.916 bits per heavy atom. The number of phenols is 3. The Balaban J connectivity index is 0.000000144. The number of carboxylic acids is 1. The van der Waals surface area contributed by atoms with Gasteiger partial charge in [-0.05, 0) is 45.8 Å². The first-order valence-electron chi connectivity index (χ1n) is 29.1. The van der Waals surface area contributed by atoms with Crippen LogP contribution in [0, 0.1) is 17.9 Å². The number of nitriles is 1. The molecule has 5 heterocycles. The Morgan fingerprint density at radius 1 is 0.516 bits per heavy atom. The molecule has 0 spiro atoms. The number of carbonyl (C=O) groups excluding carboxylic acids is 2. The highest BCUT2D eigenvalue weighted by molar-refractivity contribution is 6.31. The number of hydrogen-bond acceptors (Lipinski definition) is 16. The Kier molecular flexibility index (Phi) is 15.7. The normalized spacial score (nSPS) is 12.1. The number of nitrogens with one attached hydrogen (secondary N) is 3. The fraction of sp³-hybridized carbons (Fsp3) is 0.0135. The molecule has 8 bridgehead atoms. The lowest BCUT2D eigenvalue weighted by atomic mass is 9.83. The smallest absolute Gasteiger partial charge is 0.339 e. The van der Waals surface area contributed by atoms with E-state index in [2.05, 4.69) is 30.1 Å². The zero-order valence-corrected chi connectivity index (χ0v) is 49.6. The summed E-state index contributed by atoms with van der Waals surface area (Å²) in [6.45, 7) is 7.47. The minimum Gasteiger partial charge on any atom is -0.507 e. The summed E-state index contributed by atoms with van der Waals surface area (Å²) in [5.41, 5.74) is 7.86. The second-order valence-corrected chi connectivity index (χ2v) is 21.5. The number of aliphatic imine (C=N–C) groups is 2. The van der Waals surface area contributed by atoms with Crippen molar-refractivity contribution in [2.24, 2.45) is 9.98 Å². The van der Waals surface area contributed by atoms with E-state index in [9.17, 15) is 40.1 Å². The van der Waals surface area contributed by atoms with E-state index in [1.807, 2.05) is 115 Å². The van der Waals surface area contributed by atoms with Crippen molar-refractivity contribution in [2.75, 3.05) is 12.4 Å². The van der Waals surface area contributed by atoms with Crippen LogP contribution in [-0.2, 0) is 0 Å². The van der Waals surface area contributed by atoms with Gasteiger partial charge in [-0.2, -0.15) is 5.26 Å². The molecule has 0 unspecified atom stereocenters. The lowest BCUT2D eigenvalue weighted by molar-refractivity contribution is 0.0693. The molecule has 13 aromatic rings. The fourth-order valence-corrected chi connectivity index (χ4v) is 11.6. The number of aromatic hydroxyl groups is 3. The van der Waals surface area contributed by atoms with Crippen molar-refractivity contribution in [3.05, 3.63) is 262 Å². The highest BCUT2D eigenvalue weighted by Gasteiger charge is 2.34. The highest BCUT2D eigenvalue weighted by atomic mass is 19.0. The Bertz CT molecular complexity index is 5490. The average Bonchev–Trinajstić information content (AvgIpc) is 0.937. The predicted octanol–water partition coefficient (Wildman–Crippen LogP) is 14.7. The van der Waals surface area contributed by atoms with Gasteiger partial charge in [-0.15, -0.1) is 4.99 Å². The number of hydrogen-bond donors (Lipinski definition) is 7. The van der Waals surface area contributed by atoms with Crippen molar-refractivity contribution >= 4 is 101 Å². The van der Waals surface area contributed by atoms with Gasteiger partial charge in [0.25, 0.3) is 0 Å². The third kappa shape index (κ3) is 10.8. The summed E-state index contributed by atoms with van der Waals surface area (Å²) in [6, 6.07) is 62.4. The molecule has 458 valence electrons. The van der Waals surface area contributed by atoms with Gasteiger partial charge in [0.15, 0.2) is 40.6 Å². The van der Waals surface area contributed by atoms with E-state index in [0.29, 0.717) is 84.4 Å². The monoisotopic (exact) mass is 1250 g/mol. The molecule has 1 aliphatic carbocycles. The lowest BCUT2D eigenvalue weighted by Crippen LogP contribution is -2.22. The van der Waals surface area contributed by atoms with Crippen LogP contribution in [0.1, 0.15) is 54.8 Å². The molecular formula is C74H48FN13O7. The third-order valence-electron chi connectivity index (χ3n) is 16.1. The molecular weight excluding hydrogens is 1200 g/mol. The maximum Gasteiger partial charge on any atom is 0.339 e. The molecule has 3 aliphatic rings. The van der Waals surface area contributed by atoms with Crippen molar-refractivity contribution in [3.63, 3.8) is 0 Å². The van der Waals surface area contributed by atoms with Crippen LogP contribution in [-0.4, -0.2) is 97.3 Å². The van der Waals surface area contributed by atoms with Crippen molar-refractivity contribution in [1.82, 2.24) is 39.9 Å². The molecule has 0 radical (unpaired) electrons. The molecule has 2 aliphatic heterocycles. The molecule has 10 aromatic carbocycles. The third-order valence-corrected chi connectivity index (χ3v) is 16.1. The van der Waals surface area contributed by atoms with Crippen LogP contribution in [0.4, 0.5) is 10.4 Å². The largest absolute Gasteiger partial charge is 0.507 e. The van der Waals surface area contributed by atoms with Crippen molar-refractivity contribution in [3.8, 4) is 68.9 Å². The van der Waals surface area contributed by atoms with E-state index >= 15 is 0 Å². The van der Waals surface area contributed by atoms with Gasteiger partial charge >= 0.3 is 11.8 Å². The van der Waals surface area contributed by atoms with Crippen molar-refractivity contribution < 1.29 is 40.9 Å². The summed E-state index contributed by atoms with van der Waals surface area (Å²) in [6.07, 6.45) is 2.43. The first-order valence-corrected chi connectivity index (χ1v) is 29.1. The first kappa shape index (κ1) is 60.0. The molecule has 0 saturated carbocycles. The average molecular weight is 1250 g/mol. The molecule has 0 atom stereocenters. The number of rotatable bonds is 6. The van der Waals surface area contributed by atoms with Crippen LogP contribution in [0.2, 0.25) is 0 Å². The van der Waals surface area contributed by atoms with Crippen LogP contribution in [0.15, 0.2) is 222 Å². The number of aromatic nitrogens is 8.